The monoisotopic (exact) mass is 553 g/mol. The van der Waals surface area contributed by atoms with E-state index in [0.29, 0.717) is 4.57 Å². The maximum Gasteiger partial charge on any atom is 0.490 e. The van der Waals surface area contributed by atoms with Gasteiger partial charge >= 0.3 is 29.2 Å². The van der Waals surface area contributed by atoms with Crippen molar-refractivity contribution in [3.05, 3.63) is 22.7 Å². The van der Waals surface area contributed by atoms with Gasteiger partial charge in [0.1, 0.15) is 17.0 Å². The summed E-state index contributed by atoms with van der Waals surface area (Å²) in [5.74, 6) is -1.26. The number of nitrogens with two attached hydrogens (primary N) is 1. The fourth-order valence-corrected chi connectivity index (χ4v) is 7.13. The zero-order valence-electron chi connectivity index (χ0n) is 17.6. The van der Waals surface area contributed by atoms with Crippen LogP contribution in [0.5, 0.6) is 0 Å². The predicted molar refractivity (Wildman–Crippen MR) is 108 cm³/mol. The minimum Gasteiger partial charge on any atom is -0.383 e. The summed E-state index contributed by atoms with van der Waals surface area (Å²) in [6.45, 7) is 2.41. The Balaban J connectivity index is 1.85. The third-order valence-corrected chi connectivity index (χ3v) is 9.16. The molecule has 3 rings (SSSR count). The van der Waals surface area contributed by atoms with Gasteiger partial charge in [0.2, 0.25) is 0 Å². The van der Waals surface area contributed by atoms with Gasteiger partial charge in [-0.25, -0.2) is 22.9 Å². The molecule has 0 spiro atoms. The number of nitrogens with zero attached hydrogens (tertiary/aromatic N) is 2. The van der Waals surface area contributed by atoms with Gasteiger partial charge in [0.25, 0.3) is 0 Å². The van der Waals surface area contributed by atoms with Gasteiger partial charge in [-0.1, -0.05) is 13.8 Å². The summed E-state index contributed by atoms with van der Waals surface area (Å²) in [6, 6.07) is 1.18. The molecular formula is C14H23FN3O13P3. The molecule has 16 nitrogen and oxygen atoms in total. The van der Waals surface area contributed by atoms with Gasteiger partial charge in [-0.2, -0.15) is 13.6 Å². The second kappa shape index (κ2) is 8.80. The van der Waals surface area contributed by atoms with Crippen LogP contribution in [0.4, 0.5) is 10.2 Å². The lowest BCUT2D eigenvalue weighted by Gasteiger charge is -2.25. The summed E-state index contributed by atoms with van der Waals surface area (Å²) >= 11 is 0. The molecule has 7 unspecified atom stereocenters. The van der Waals surface area contributed by atoms with Crippen molar-refractivity contribution in [1.82, 2.24) is 9.55 Å². The smallest absolute Gasteiger partial charge is 0.383 e. The number of halogens is 1. The van der Waals surface area contributed by atoms with E-state index in [1.165, 1.54) is 6.07 Å². The van der Waals surface area contributed by atoms with E-state index in [0.717, 1.165) is 6.20 Å². The van der Waals surface area contributed by atoms with E-state index < -0.39 is 65.3 Å². The van der Waals surface area contributed by atoms with Crippen LogP contribution in [0.1, 0.15) is 26.5 Å². The zero-order chi connectivity index (χ0) is 25.9. The molecule has 7 atom stereocenters. The second-order valence-corrected chi connectivity index (χ2v) is 12.6. The van der Waals surface area contributed by atoms with E-state index in [9.17, 15) is 33.4 Å². The van der Waals surface area contributed by atoms with Crippen LogP contribution in [0.2, 0.25) is 0 Å². The molecule has 1 aliphatic heterocycles. The molecule has 2 aliphatic rings. The van der Waals surface area contributed by atoms with Crippen LogP contribution in [0.25, 0.3) is 0 Å². The van der Waals surface area contributed by atoms with E-state index in [1.54, 1.807) is 13.8 Å². The number of hydrogen-bond donors (Lipinski definition) is 6. The van der Waals surface area contributed by atoms with Crippen LogP contribution in [-0.2, 0) is 31.6 Å². The summed E-state index contributed by atoms with van der Waals surface area (Å²) in [5, 5.41) is 11.1. The number of alkyl halides is 1. The lowest BCUT2D eigenvalue weighted by atomic mass is 10.0. The van der Waals surface area contributed by atoms with Gasteiger partial charge in [0.15, 0.2) is 12.4 Å². The molecule has 0 bridgehead atoms. The van der Waals surface area contributed by atoms with Crippen molar-refractivity contribution in [3.8, 4) is 0 Å². The van der Waals surface area contributed by atoms with Gasteiger partial charge < -0.3 is 35.2 Å². The Kier molecular flexibility index (Phi) is 7.13. The third-order valence-electron chi connectivity index (χ3n) is 5.38. The van der Waals surface area contributed by atoms with Crippen molar-refractivity contribution in [2.75, 3.05) is 12.3 Å². The van der Waals surface area contributed by atoms with Crippen molar-refractivity contribution in [2.45, 2.75) is 43.9 Å². The topological polar surface area (TPSA) is 250 Å². The van der Waals surface area contributed by atoms with Crippen molar-refractivity contribution in [2.24, 2.45) is 11.8 Å². The van der Waals surface area contributed by atoms with Crippen molar-refractivity contribution >= 4 is 29.3 Å². The highest BCUT2D eigenvalue weighted by Gasteiger charge is 2.87. The second-order valence-electron chi connectivity index (χ2n) is 8.21. The van der Waals surface area contributed by atoms with E-state index in [4.69, 9.17) is 20.3 Å². The number of aromatic nitrogens is 2. The Labute approximate surface area is 190 Å². The van der Waals surface area contributed by atoms with Crippen molar-refractivity contribution in [1.29, 1.82) is 0 Å². The fourth-order valence-electron chi connectivity index (χ4n) is 4.08. The lowest BCUT2D eigenvalue weighted by Crippen LogP contribution is -2.37. The Morgan fingerprint density at radius 1 is 1.24 bits per heavy atom. The number of phosphoric acid groups is 3. The van der Waals surface area contributed by atoms with Crippen LogP contribution in [0.3, 0.4) is 0 Å². The SMILES string of the molecule is CC(C)CC1C2(COP(=O)(O)OP(=O)(O)OP(=O)(O)O)OC(n3ccc(N)nc3=O)C(F)C12O. The van der Waals surface area contributed by atoms with E-state index in [2.05, 4.69) is 18.1 Å². The highest BCUT2D eigenvalue weighted by atomic mass is 31.3. The number of rotatable bonds is 10. The highest BCUT2D eigenvalue weighted by molar-refractivity contribution is 7.66. The van der Waals surface area contributed by atoms with E-state index >= 15 is 4.39 Å². The molecule has 34 heavy (non-hydrogen) atoms. The molecule has 1 aromatic heterocycles. The molecule has 1 saturated heterocycles. The largest absolute Gasteiger partial charge is 0.490 e. The number of hydrogen-bond acceptors (Lipinski definition) is 11. The number of anilines is 1. The summed E-state index contributed by atoms with van der Waals surface area (Å²) < 4.78 is 68.0. The first-order valence-electron chi connectivity index (χ1n) is 9.51. The summed E-state index contributed by atoms with van der Waals surface area (Å²) in [7, 11) is -17.0. The highest BCUT2D eigenvalue weighted by Crippen LogP contribution is 2.72. The molecule has 20 heteroatoms. The van der Waals surface area contributed by atoms with Gasteiger partial charge in [0.05, 0.1) is 6.61 Å². The van der Waals surface area contributed by atoms with Crippen LogP contribution >= 0.6 is 23.5 Å². The third kappa shape index (κ3) is 5.21. The number of fused-ring (bicyclic) bond motifs is 1. The van der Waals surface area contributed by atoms with Crippen molar-refractivity contribution in [3.63, 3.8) is 0 Å². The van der Waals surface area contributed by atoms with Gasteiger partial charge in [-0.3, -0.25) is 9.09 Å². The maximum absolute atomic E-state index is 15.4. The van der Waals surface area contributed by atoms with Crippen LogP contribution in [0.15, 0.2) is 17.1 Å². The number of ether oxygens (including phenoxy) is 1. The summed E-state index contributed by atoms with van der Waals surface area (Å²) in [4.78, 5) is 51.8. The Bertz CT molecular complexity index is 1160. The maximum atomic E-state index is 15.4. The Morgan fingerprint density at radius 3 is 2.38 bits per heavy atom. The number of aliphatic hydroxyl groups is 1. The first-order chi connectivity index (χ1) is 15.3. The van der Waals surface area contributed by atoms with Gasteiger partial charge in [-0.05, 0) is 18.4 Å². The number of nitrogen functional groups attached to an aromatic ring is 1. The van der Waals surface area contributed by atoms with Crippen LogP contribution in [0, 0.1) is 11.8 Å². The minimum absolute atomic E-state index is 0.113. The molecule has 7 N–H and O–H groups in total. The molecule has 194 valence electrons. The molecule has 2 fully saturated rings. The molecule has 1 saturated carbocycles. The molecule has 0 radical (unpaired) electrons. The molecule has 1 aliphatic carbocycles. The molecule has 1 aromatic rings. The lowest BCUT2D eigenvalue weighted by molar-refractivity contribution is -0.0924. The molecular weight excluding hydrogens is 530 g/mol. The zero-order valence-corrected chi connectivity index (χ0v) is 20.3. The van der Waals surface area contributed by atoms with Crippen molar-refractivity contribution < 1.29 is 60.6 Å². The molecule has 0 amide bonds. The van der Waals surface area contributed by atoms with E-state index in [-0.39, 0.29) is 18.2 Å². The standard InChI is InChI=1S/C14H23FN3O13P3/c1-7(2)5-8-13(6-28-33(24,25)31-34(26,27)30-32(21,22)23)14(8,20)10(15)11(29-13)18-4-3-9(16)17-12(18)19/h3-4,7-8,10-11,20H,5-6H2,1-2H3,(H,24,25)(H,26,27)(H2,16,17,19)(H2,21,22,23). The quantitative estimate of drug-likeness (QED) is 0.211. The first-order valence-corrected chi connectivity index (χ1v) is 14.0. The Morgan fingerprint density at radius 2 is 1.85 bits per heavy atom. The first kappa shape index (κ1) is 27.5. The van der Waals surface area contributed by atoms with Gasteiger partial charge in [0, 0.05) is 12.1 Å². The number of phosphoric ester groups is 1. The normalized spacial score (nSPS) is 34.4. The molecule has 0 aromatic carbocycles. The van der Waals surface area contributed by atoms with Crippen LogP contribution < -0.4 is 11.4 Å². The Hall–Kier alpha value is -1.06. The van der Waals surface area contributed by atoms with Gasteiger partial charge in [-0.15, -0.1) is 0 Å². The average Bonchev–Trinajstić information content (AvgIpc) is 3.01. The average molecular weight is 553 g/mol. The summed E-state index contributed by atoms with van der Waals surface area (Å²) in [5.41, 5.74) is 0.117. The summed E-state index contributed by atoms with van der Waals surface area (Å²) in [6.07, 6.45) is -2.73. The van der Waals surface area contributed by atoms with Crippen LogP contribution in [-0.4, -0.2) is 58.2 Å². The predicted octanol–water partition coefficient (Wildman–Crippen LogP) is 0.182. The molecule has 2 heterocycles. The van der Waals surface area contributed by atoms with E-state index in [1.807, 2.05) is 0 Å². The minimum atomic E-state index is -5.79. The fraction of sp³-hybridized carbons (Fsp3) is 0.714.